The summed E-state index contributed by atoms with van der Waals surface area (Å²) in [5, 5.41) is 0. The third kappa shape index (κ3) is 3.18. The van der Waals surface area contributed by atoms with Gasteiger partial charge in [0.1, 0.15) is 0 Å². The fourth-order valence-corrected chi connectivity index (χ4v) is 5.18. The van der Waals surface area contributed by atoms with Gasteiger partial charge in [0.15, 0.2) is 0 Å². The molecule has 1 heterocycles. The number of rotatable bonds is 3. The van der Waals surface area contributed by atoms with Crippen molar-refractivity contribution < 1.29 is 4.89 Å². The van der Waals surface area contributed by atoms with Gasteiger partial charge in [-0.3, -0.25) is 0 Å². The first-order valence-electron chi connectivity index (χ1n) is 6.20. The fraction of sp³-hybridized carbons (Fsp3) is 1.00. The van der Waals surface area contributed by atoms with Crippen molar-refractivity contribution in [2.24, 2.45) is 16.8 Å². The lowest BCUT2D eigenvalue weighted by atomic mass is 9.78. The van der Waals surface area contributed by atoms with Crippen molar-refractivity contribution in [2.75, 3.05) is 11.5 Å². The molecule has 0 aromatic carbocycles. The molecule has 1 aliphatic heterocycles. The van der Waals surface area contributed by atoms with Crippen molar-refractivity contribution in [3.05, 3.63) is 4.91 Å². The maximum Gasteiger partial charge on any atom is 0.201 e. The molecule has 16 heavy (non-hydrogen) atoms. The van der Waals surface area contributed by atoms with E-state index in [4.69, 9.17) is 0 Å². The molecule has 0 spiro atoms. The molecule has 0 aromatic heterocycles. The van der Waals surface area contributed by atoms with Gasteiger partial charge in [-0.15, -0.1) is 4.91 Å². The van der Waals surface area contributed by atoms with Crippen LogP contribution in [0.3, 0.4) is 0 Å². The van der Waals surface area contributed by atoms with E-state index in [9.17, 15) is 9.80 Å². The lowest BCUT2D eigenvalue weighted by Gasteiger charge is -2.35. The molecule has 1 N–H and O–H groups in total. The molecule has 0 radical (unpaired) electrons. The van der Waals surface area contributed by atoms with E-state index in [0.29, 0.717) is 0 Å². The van der Waals surface area contributed by atoms with Crippen molar-refractivity contribution in [1.82, 2.24) is 0 Å². The number of hydrogen-bond donors (Lipinski definition) is 1. The van der Waals surface area contributed by atoms with Crippen LogP contribution in [-0.2, 0) is 0 Å². The van der Waals surface area contributed by atoms with Crippen LogP contribution in [0.25, 0.3) is 0 Å². The Morgan fingerprint density at radius 1 is 1.12 bits per heavy atom. The van der Waals surface area contributed by atoms with Crippen molar-refractivity contribution in [3.8, 4) is 0 Å². The highest BCUT2D eigenvalue weighted by atomic mass is 32.2. The number of hydrogen-bond acceptors (Lipinski definition) is 4. The molecule has 1 aliphatic carbocycles. The SMILES string of the molecule is O=NP(O)C1CCC(C2CCCSC2)CC1. The monoisotopic (exact) mass is 261 g/mol. The predicted octanol–water partition coefficient (Wildman–Crippen LogP) is 3.76. The van der Waals surface area contributed by atoms with Crippen LogP contribution < -0.4 is 0 Å². The molecule has 2 fully saturated rings. The molecule has 2 unspecified atom stereocenters. The van der Waals surface area contributed by atoms with E-state index in [0.717, 1.165) is 24.7 Å². The van der Waals surface area contributed by atoms with Crippen LogP contribution in [0.1, 0.15) is 38.5 Å². The van der Waals surface area contributed by atoms with Gasteiger partial charge in [0.25, 0.3) is 0 Å². The minimum Gasteiger partial charge on any atom is -0.351 e. The van der Waals surface area contributed by atoms with E-state index < -0.39 is 8.30 Å². The zero-order valence-electron chi connectivity index (χ0n) is 9.55. The third-order valence-electron chi connectivity index (χ3n) is 4.01. The molecule has 1 saturated heterocycles. The van der Waals surface area contributed by atoms with Crippen LogP contribution in [-0.4, -0.2) is 22.1 Å². The van der Waals surface area contributed by atoms with Crippen LogP contribution >= 0.6 is 20.1 Å². The summed E-state index contributed by atoms with van der Waals surface area (Å²) >= 11 is 2.09. The Labute approximate surface area is 103 Å². The molecule has 92 valence electrons. The zero-order chi connectivity index (χ0) is 11.4. The molecule has 0 aromatic rings. The van der Waals surface area contributed by atoms with Crippen molar-refractivity contribution >= 4 is 20.1 Å². The minimum absolute atomic E-state index is 0.194. The molecular weight excluding hydrogens is 241 g/mol. The molecule has 5 heteroatoms. The first kappa shape index (κ1) is 12.8. The summed E-state index contributed by atoms with van der Waals surface area (Å²) in [6.45, 7) is 0. The van der Waals surface area contributed by atoms with Gasteiger partial charge in [-0.25, -0.2) is 0 Å². The van der Waals surface area contributed by atoms with E-state index in [1.807, 2.05) is 0 Å². The molecule has 3 nitrogen and oxygen atoms in total. The molecule has 0 amide bonds. The van der Waals surface area contributed by atoms with E-state index in [1.54, 1.807) is 0 Å². The molecule has 2 aliphatic rings. The van der Waals surface area contributed by atoms with E-state index in [-0.39, 0.29) is 5.66 Å². The smallest absolute Gasteiger partial charge is 0.201 e. The zero-order valence-corrected chi connectivity index (χ0v) is 11.3. The van der Waals surface area contributed by atoms with E-state index in [2.05, 4.69) is 16.7 Å². The number of nitrogens with zero attached hydrogens (tertiary/aromatic N) is 1. The Kier molecular flexibility index (Phi) is 5.05. The molecule has 2 rings (SSSR count). The van der Waals surface area contributed by atoms with Gasteiger partial charge in [-0.1, -0.05) is 0 Å². The largest absolute Gasteiger partial charge is 0.351 e. The maximum atomic E-state index is 10.3. The molecule has 1 saturated carbocycles. The first-order valence-corrected chi connectivity index (χ1v) is 8.67. The Bertz CT molecular complexity index is 228. The maximum absolute atomic E-state index is 10.3. The summed E-state index contributed by atoms with van der Waals surface area (Å²) in [6.07, 6.45) is 7.19. The van der Waals surface area contributed by atoms with Crippen LogP contribution in [0.5, 0.6) is 0 Å². The summed E-state index contributed by atoms with van der Waals surface area (Å²) in [5.41, 5.74) is 0.194. The predicted molar refractivity (Wildman–Crippen MR) is 70.7 cm³/mol. The first-order chi connectivity index (χ1) is 7.81. The van der Waals surface area contributed by atoms with Crippen molar-refractivity contribution in [2.45, 2.75) is 44.2 Å². The summed E-state index contributed by atoms with van der Waals surface area (Å²) in [7, 11) is -1.57. The van der Waals surface area contributed by atoms with Gasteiger partial charge in [-0.2, -0.15) is 11.8 Å². The second-order valence-corrected chi connectivity index (χ2v) is 7.63. The van der Waals surface area contributed by atoms with Crippen LogP contribution in [0.2, 0.25) is 0 Å². The van der Waals surface area contributed by atoms with E-state index >= 15 is 0 Å². The Morgan fingerprint density at radius 2 is 1.88 bits per heavy atom. The average molecular weight is 261 g/mol. The van der Waals surface area contributed by atoms with Gasteiger partial charge < -0.3 is 4.89 Å². The lowest BCUT2D eigenvalue weighted by Crippen LogP contribution is -2.26. The van der Waals surface area contributed by atoms with E-state index in [1.165, 1.54) is 37.2 Å². The van der Waals surface area contributed by atoms with Crippen LogP contribution in [0.4, 0.5) is 0 Å². The standard InChI is InChI=1S/C11H20NO2PS/c13-12-15(14)11-5-3-9(4-6-11)10-2-1-7-16-8-10/h9-11,14H,1-8H2. The van der Waals surface area contributed by atoms with Crippen molar-refractivity contribution in [1.29, 1.82) is 0 Å². The third-order valence-corrected chi connectivity index (χ3v) is 6.59. The topological polar surface area (TPSA) is 49.7 Å². The highest BCUT2D eigenvalue weighted by Gasteiger charge is 2.32. The van der Waals surface area contributed by atoms with Crippen LogP contribution in [0.15, 0.2) is 4.95 Å². The number of nitroso groups, excluding NO2 is 1. The Morgan fingerprint density at radius 3 is 2.44 bits per heavy atom. The highest BCUT2D eigenvalue weighted by Crippen LogP contribution is 2.48. The summed E-state index contributed by atoms with van der Waals surface area (Å²) < 4.78 is 0. The fourth-order valence-electron chi connectivity index (χ4n) is 3.01. The van der Waals surface area contributed by atoms with Gasteiger partial charge in [-0.05, 0) is 66.8 Å². The lowest BCUT2D eigenvalue weighted by molar-refractivity contribution is 0.252. The average Bonchev–Trinajstić information content (AvgIpc) is 2.39. The van der Waals surface area contributed by atoms with Crippen molar-refractivity contribution in [3.63, 3.8) is 0 Å². The molecular formula is C11H20NO2PS. The number of thioether (sulfide) groups is 1. The quantitative estimate of drug-likeness (QED) is 0.621. The normalized spacial score (nSPS) is 37.9. The highest BCUT2D eigenvalue weighted by molar-refractivity contribution is 7.99. The summed E-state index contributed by atoms with van der Waals surface area (Å²) in [6, 6.07) is 0. The Hall–Kier alpha value is 0.340. The second-order valence-electron chi connectivity index (χ2n) is 4.95. The van der Waals surface area contributed by atoms with Gasteiger partial charge >= 0.3 is 0 Å². The molecule has 0 bridgehead atoms. The summed E-state index contributed by atoms with van der Waals surface area (Å²) in [4.78, 5) is 22.6. The van der Waals surface area contributed by atoms with Gasteiger partial charge in [0, 0.05) is 5.66 Å². The summed E-state index contributed by atoms with van der Waals surface area (Å²) in [5.74, 6) is 4.41. The van der Waals surface area contributed by atoms with Crippen LogP contribution in [0, 0.1) is 16.7 Å². The molecule has 2 atom stereocenters. The second kappa shape index (κ2) is 6.32. The minimum atomic E-state index is -1.57. The van der Waals surface area contributed by atoms with Gasteiger partial charge in [0.05, 0.1) is 0 Å². The van der Waals surface area contributed by atoms with Gasteiger partial charge in [0.2, 0.25) is 8.30 Å². The Balaban J connectivity index is 1.77.